The Balaban J connectivity index is 0.000000963. The fourth-order valence-electron chi connectivity index (χ4n) is 2.21. The minimum atomic E-state index is 0. The minimum absolute atomic E-state index is 0. The van der Waals surface area contributed by atoms with E-state index in [9.17, 15) is 0 Å². The van der Waals surface area contributed by atoms with E-state index < -0.39 is 0 Å². The van der Waals surface area contributed by atoms with Crippen LogP contribution in [0.15, 0.2) is 30.5 Å². The molecule has 3 heteroatoms. The van der Waals surface area contributed by atoms with Crippen LogP contribution in [0.5, 0.6) is 0 Å². The van der Waals surface area contributed by atoms with Crippen LogP contribution in [0, 0.1) is 6.92 Å². The van der Waals surface area contributed by atoms with Crippen molar-refractivity contribution in [2.24, 2.45) is 0 Å². The minimum Gasteiger partial charge on any atom is -1.00 e. The second-order valence-corrected chi connectivity index (χ2v) is 4.18. The monoisotopic (exact) mass is 233 g/mol. The quantitative estimate of drug-likeness (QED) is 0.668. The summed E-state index contributed by atoms with van der Waals surface area (Å²) < 4.78 is 2.34. The zero-order valence-corrected chi connectivity index (χ0v) is 10.0. The molecule has 0 bridgehead atoms. The fraction of sp³-hybridized carbons (Fsp3) is 0.308. The van der Waals surface area contributed by atoms with Gasteiger partial charge in [0, 0.05) is 13.0 Å². The summed E-state index contributed by atoms with van der Waals surface area (Å²) in [6.07, 6.45) is 4.37. The molecule has 3 rings (SSSR count). The second kappa shape index (κ2) is 4.30. The molecule has 0 radical (unpaired) electrons. The van der Waals surface area contributed by atoms with E-state index in [4.69, 9.17) is 0 Å². The first-order chi connectivity index (χ1) is 7.34. The van der Waals surface area contributed by atoms with Crippen molar-refractivity contribution in [2.75, 3.05) is 0 Å². The van der Waals surface area contributed by atoms with Gasteiger partial charge in [0.15, 0.2) is 0 Å². The lowest BCUT2D eigenvalue weighted by atomic mass is 10.1. The number of fused-ring (bicyclic) bond motifs is 1. The molecule has 0 saturated heterocycles. The first-order valence-electron chi connectivity index (χ1n) is 5.46. The number of rotatable bonds is 1. The second-order valence-electron chi connectivity index (χ2n) is 4.18. The Kier molecular flexibility index (Phi) is 3.01. The van der Waals surface area contributed by atoms with Gasteiger partial charge in [0.2, 0.25) is 0 Å². The molecule has 1 aliphatic heterocycles. The third kappa shape index (κ3) is 1.74. The zero-order chi connectivity index (χ0) is 10.3. The summed E-state index contributed by atoms with van der Waals surface area (Å²) in [6.45, 7) is 3.24. The largest absolute Gasteiger partial charge is 1.00 e. The molecule has 0 N–H and O–H groups in total. The van der Waals surface area contributed by atoms with Gasteiger partial charge in [0.05, 0.1) is 11.9 Å². The van der Waals surface area contributed by atoms with E-state index in [1.807, 2.05) is 6.20 Å². The topological polar surface area (TPSA) is 17.8 Å². The Morgan fingerprint density at radius 1 is 1.19 bits per heavy atom. The molecule has 0 unspecified atom stereocenters. The predicted molar refractivity (Wildman–Crippen MR) is 60.7 cm³/mol. The molecular weight excluding hydrogens is 220 g/mol. The molecule has 0 saturated carbocycles. The molecule has 1 aliphatic rings. The molecule has 1 aromatic carbocycles. The Labute approximate surface area is 102 Å². The summed E-state index contributed by atoms with van der Waals surface area (Å²) in [6, 6.07) is 8.67. The number of aromatic nitrogens is 2. The van der Waals surface area contributed by atoms with Gasteiger partial charge in [-0.05, 0) is 18.9 Å². The first-order valence-corrected chi connectivity index (χ1v) is 5.46. The lowest BCUT2D eigenvalue weighted by Gasteiger charge is -2.04. The molecule has 0 fully saturated rings. The van der Waals surface area contributed by atoms with Crippen LogP contribution in [0.4, 0.5) is 0 Å². The van der Waals surface area contributed by atoms with Crippen LogP contribution in [0.25, 0.3) is 11.3 Å². The predicted octanol–water partition coefficient (Wildman–Crippen LogP) is -0.191. The number of halogens is 1. The number of nitrogens with zero attached hydrogens (tertiary/aromatic N) is 2. The van der Waals surface area contributed by atoms with Crippen LogP contribution in [0.1, 0.15) is 17.8 Å². The maximum Gasteiger partial charge on any atom is 0.109 e. The van der Waals surface area contributed by atoms with Crippen molar-refractivity contribution in [1.29, 1.82) is 0 Å². The maximum atomic E-state index is 4.46. The van der Waals surface area contributed by atoms with Gasteiger partial charge in [0.25, 0.3) is 0 Å². The van der Waals surface area contributed by atoms with E-state index in [0.717, 1.165) is 13.0 Å². The Morgan fingerprint density at radius 2 is 1.94 bits per heavy atom. The van der Waals surface area contributed by atoms with Gasteiger partial charge in [-0.15, -0.1) is 0 Å². The SMILES string of the molecule is Cc1ccc(-c2cnc3n2CCC3)cc1.[Cl-]. The molecule has 0 amide bonds. The van der Waals surface area contributed by atoms with Gasteiger partial charge < -0.3 is 17.0 Å². The summed E-state index contributed by atoms with van der Waals surface area (Å²) >= 11 is 0. The van der Waals surface area contributed by atoms with Crippen molar-refractivity contribution >= 4 is 0 Å². The Morgan fingerprint density at radius 3 is 2.69 bits per heavy atom. The summed E-state index contributed by atoms with van der Waals surface area (Å²) in [7, 11) is 0. The molecular formula is C13H14ClN2-. The van der Waals surface area contributed by atoms with Crippen LogP contribution < -0.4 is 12.4 Å². The van der Waals surface area contributed by atoms with E-state index in [-0.39, 0.29) is 12.4 Å². The van der Waals surface area contributed by atoms with Crippen molar-refractivity contribution in [2.45, 2.75) is 26.3 Å². The van der Waals surface area contributed by atoms with Crippen molar-refractivity contribution in [3.05, 3.63) is 41.9 Å². The van der Waals surface area contributed by atoms with E-state index in [0.29, 0.717) is 0 Å². The van der Waals surface area contributed by atoms with Crippen LogP contribution in [0.3, 0.4) is 0 Å². The van der Waals surface area contributed by atoms with Crippen LogP contribution in [-0.2, 0) is 13.0 Å². The third-order valence-electron chi connectivity index (χ3n) is 3.07. The smallest absolute Gasteiger partial charge is 0.109 e. The highest BCUT2D eigenvalue weighted by molar-refractivity contribution is 5.60. The summed E-state index contributed by atoms with van der Waals surface area (Å²) in [5.74, 6) is 1.24. The average molecular weight is 234 g/mol. The Hall–Kier alpha value is -1.28. The van der Waals surface area contributed by atoms with E-state index in [1.165, 1.54) is 29.1 Å². The van der Waals surface area contributed by atoms with E-state index >= 15 is 0 Å². The van der Waals surface area contributed by atoms with Gasteiger partial charge in [-0.1, -0.05) is 29.8 Å². The molecule has 2 aromatic rings. The number of aryl methyl sites for hydroxylation is 2. The van der Waals surface area contributed by atoms with Gasteiger partial charge in [-0.3, -0.25) is 0 Å². The van der Waals surface area contributed by atoms with Gasteiger partial charge in [-0.2, -0.15) is 0 Å². The van der Waals surface area contributed by atoms with Crippen LogP contribution in [-0.4, -0.2) is 9.55 Å². The number of benzene rings is 1. The van der Waals surface area contributed by atoms with Gasteiger partial charge in [0.1, 0.15) is 5.82 Å². The van der Waals surface area contributed by atoms with Gasteiger partial charge >= 0.3 is 0 Å². The van der Waals surface area contributed by atoms with Crippen molar-refractivity contribution in [3.63, 3.8) is 0 Å². The Bertz CT molecular complexity index is 485. The molecule has 2 heterocycles. The number of imidazole rings is 1. The standard InChI is InChI=1S/C13H14N2.ClH/c1-10-4-6-11(7-5-10)12-9-14-13-3-2-8-15(12)13;/h4-7,9H,2-3,8H2,1H3;1H/p-1. The molecule has 0 spiro atoms. The fourth-order valence-corrected chi connectivity index (χ4v) is 2.21. The van der Waals surface area contributed by atoms with Crippen molar-refractivity contribution in [1.82, 2.24) is 9.55 Å². The summed E-state index contributed by atoms with van der Waals surface area (Å²) in [5, 5.41) is 0. The first kappa shape index (κ1) is 11.2. The lowest BCUT2D eigenvalue weighted by molar-refractivity contribution is -0.00000318. The average Bonchev–Trinajstić information content (AvgIpc) is 2.80. The molecule has 16 heavy (non-hydrogen) atoms. The zero-order valence-electron chi connectivity index (χ0n) is 9.28. The van der Waals surface area contributed by atoms with Crippen molar-refractivity contribution < 1.29 is 12.4 Å². The summed E-state index contributed by atoms with van der Waals surface area (Å²) in [5.41, 5.74) is 3.85. The molecule has 84 valence electrons. The maximum absolute atomic E-state index is 4.46. The highest BCUT2D eigenvalue weighted by atomic mass is 35.5. The number of hydrogen-bond donors (Lipinski definition) is 0. The third-order valence-corrected chi connectivity index (χ3v) is 3.07. The molecule has 2 nitrogen and oxygen atoms in total. The molecule has 0 aliphatic carbocycles. The summed E-state index contributed by atoms with van der Waals surface area (Å²) in [4.78, 5) is 4.46. The molecule has 0 atom stereocenters. The lowest BCUT2D eigenvalue weighted by Crippen LogP contribution is -3.00. The normalized spacial score (nSPS) is 13.3. The van der Waals surface area contributed by atoms with Gasteiger partial charge in [-0.25, -0.2) is 4.98 Å². The van der Waals surface area contributed by atoms with E-state index in [2.05, 4.69) is 40.7 Å². The van der Waals surface area contributed by atoms with Crippen LogP contribution >= 0.6 is 0 Å². The van der Waals surface area contributed by atoms with Crippen molar-refractivity contribution in [3.8, 4) is 11.3 Å². The number of hydrogen-bond acceptors (Lipinski definition) is 1. The van der Waals surface area contributed by atoms with Crippen LogP contribution in [0.2, 0.25) is 0 Å². The molecule has 1 aromatic heterocycles. The van der Waals surface area contributed by atoms with E-state index in [1.54, 1.807) is 0 Å². The highest BCUT2D eigenvalue weighted by Crippen LogP contribution is 2.25. The highest BCUT2D eigenvalue weighted by Gasteiger charge is 2.15.